The summed E-state index contributed by atoms with van der Waals surface area (Å²) in [5.41, 5.74) is 0.805. The summed E-state index contributed by atoms with van der Waals surface area (Å²) < 4.78 is 5.34. The molecule has 0 saturated heterocycles. The minimum absolute atomic E-state index is 0.0374. The fourth-order valence-electron chi connectivity index (χ4n) is 1.38. The Morgan fingerprint density at radius 2 is 1.95 bits per heavy atom. The Morgan fingerprint density at radius 1 is 1.30 bits per heavy atom. The lowest BCUT2D eigenvalue weighted by Crippen LogP contribution is -2.34. The normalized spacial score (nSPS) is 11.2. The van der Waals surface area contributed by atoms with Gasteiger partial charge in [0.2, 0.25) is 0 Å². The summed E-state index contributed by atoms with van der Waals surface area (Å²) in [6.07, 6.45) is 1.12. The molecule has 0 heterocycles. The van der Waals surface area contributed by atoms with Gasteiger partial charge < -0.3 is 15.4 Å². The number of hydrogen-bond acceptors (Lipinski definition) is 4. The first kappa shape index (κ1) is 16.2. The van der Waals surface area contributed by atoms with Gasteiger partial charge in [-0.2, -0.15) is 0 Å². The maximum absolute atomic E-state index is 12.1. The first-order chi connectivity index (χ1) is 9.43. The molecule has 0 spiro atoms. The van der Waals surface area contributed by atoms with Crippen LogP contribution in [0.5, 0.6) is 0 Å². The van der Waals surface area contributed by atoms with Crippen LogP contribution < -0.4 is 10.6 Å². The second kappa shape index (κ2) is 7.69. The number of hydrogen-bond donors (Lipinski definition) is 2. The fraction of sp³-hybridized carbons (Fsp3) is 0.286. The van der Waals surface area contributed by atoms with Crippen LogP contribution in [0.25, 0.3) is 0 Å². The van der Waals surface area contributed by atoms with Crippen molar-refractivity contribution in [1.29, 1.82) is 0 Å². The average molecular weight is 341 g/mol. The van der Waals surface area contributed by atoms with Crippen LogP contribution in [0, 0.1) is 0 Å². The number of para-hydroxylation sites is 1. The lowest BCUT2D eigenvalue weighted by molar-refractivity contribution is -0.135. The van der Waals surface area contributed by atoms with Crippen molar-refractivity contribution in [2.45, 2.75) is 19.9 Å². The van der Waals surface area contributed by atoms with Crippen LogP contribution in [0.1, 0.15) is 13.8 Å². The van der Waals surface area contributed by atoms with Gasteiger partial charge >= 0.3 is 5.97 Å². The summed E-state index contributed by atoms with van der Waals surface area (Å²) in [6, 6.07) is 7.26. The maximum atomic E-state index is 12.1. The van der Waals surface area contributed by atoms with E-state index in [9.17, 15) is 9.59 Å². The van der Waals surface area contributed by atoms with E-state index >= 15 is 0 Å². The molecule has 1 aromatic rings. The number of halogens is 1. The van der Waals surface area contributed by atoms with Gasteiger partial charge in [-0.1, -0.05) is 12.1 Å². The van der Waals surface area contributed by atoms with E-state index in [0.29, 0.717) is 5.69 Å². The number of amides is 1. The molecule has 0 atom stereocenters. The Balaban J connectivity index is 3.00. The monoisotopic (exact) mass is 340 g/mol. The largest absolute Gasteiger partial charge is 0.466 e. The molecule has 0 aliphatic carbocycles. The average Bonchev–Trinajstić information content (AvgIpc) is 2.39. The van der Waals surface area contributed by atoms with Crippen molar-refractivity contribution >= 4 is 33.5 Å². The summed E-state index contributed by atoms with van der Waals surface area (Å²) in [7, 11) is 1.26. The molecule has 1 aromatic carbocycles. The van der Waals surface area contributed by atoms with Gasteiger partial charge in [0.1, 0.15) is 5.70 Å². The molecule has 1 amide bonds. The molecule has 6 heteroatoms. The Hall–Kier alpha value is -1.82. The van der Waals surface area contributed by atoms with Crippen molar-refractivity contribution in [3.8, 4) is 0 Å². The van der Waals surface area contributed by atoms with Gasteiger partial charge in [0.05, 0.1) is 18.9 Å². The Morgan fingerprint density at radius 3 is 2.50 bits per heavy atom. The molecule has 1 rings (SSSR count). The van der Waals surface area contributed by atoms with Crippen molar-refractivity contribution < 1.29 is 14.3 Å². The lowest BCUT2D eigenvalue weighted by Gasteiger charge is -2.14. The predicted octanol–water partition coefficient (Wildman–Crippen LogP) is 2.44. The van der Waals surface area contributed by atoms with Crippen LogP contribution in [0.2, 0.25) is 0 Å². The highest BCUT2D eigenvalue weighted by Crippen LogP contribution is 2.22. The number of ether oxygens (including phenoxy) is 1. The van der Waals surface area contributed by atoms with Crippen LogP contribution in [-0.2, 0) is 14.3 Å². The summed E-state index contributed by atoms with van der Waals surface area (Å²) in [5.74, 6) is -0.973. The molecular weight excluding hydrogens is 324 g/mol. The van der Waals surface area contributed by atoms with E-state index in [1.165, 1.54) is 7.11 Å². The van der Waals surface area contributed by atoms with Gasteiger partial charge in [0.15, 0.2) is 0 Å². The van der Waals surface area contributed by atoms with Gasteiger partial charge in [-0.15, -0.1) is 0 Å². The Labute approximate surface area is 126 Å². The predicted molar refractivity (Wildman–Crippen MR) is 81.1 cm³/mol. The molecule has 108 valence electrons. The lowest BCUT2D eigenvalue weighted by atomic mass is 10.2. The van der Waals surface area contributed by atoms with E-state index in [1.807, 2.05) is 32.0 Å². The van der Waals surface area contributed by atoms with Gasteiger partial charge in [-0.05, 0) is 41.9 Å². The topological polar surface area (TPSA) is 67.4 Å². The van der Waals surface area contributed by atoms with Crippen LogP contribution in [0.3, 0.4) is 0 Å². The van der Waals surface area contributed by atoms with Crippen LogP contribution in [0.4, 0.5) is 5.69 Å². The third kappa shape index (κ3) is 5.05. The summed E-state index contributed by atoms with van der Waals surface area (Å²) in [4.78, 5) is 23.4. The number of nitrogens with one attached hydrogen (secondary N) is 2. The number of rotatable bonds is 5. The molecule has 0 radical (unpaired) electrons. The first-order valence-corrected chi connectivity index (χ1v) is 6.85. The maximum Gasteiger partial charge on any atom is 0.332 e. The van der Waals surface area contributed by atoms with Gasteiger partial charge in [0.25, 0.3) is 5.91 Å². The molecule has 0 aliphatic heterocycles. The van der Waals surface area contributed by atoms with Crippen molar-refractivity contribution in [2.75, 3.05) is 12.4 Å². The van der Waals surface area contributed by atoms with Gasteiger partial charge in [-0.25, -0.2) is 4.79 Å². The Kier molecular flexibility index (Phi) is 6.24. The second-order valence-corrected chi connectivity index (χ2v) is 5.17. The van der Waals surface area contributed by atoms with Crippen molar-refractivity contribution in [1.82, 2.24) is 5.32 Å². The van der Waals surface area contributed by atoms with Gasteiger partial charge in [-0.3, -0.25) is 4.79 Å². The zero-order valence-electron chi connectivity index (χ0n) is 11.6. The van der Waals surface area contributed by atoms with Crippen molar-refractivity contribution in [3.63, 3.8) is 0 Å². The van der Waals surface area contributed by atoms with Gasteiger partial charge in [0, 0.05) is 10.5 Å². The van der Waals surface area contributed by atoms with Crippen LogP contribution in [0.15, 0.2) is 40.5 Å². The van der Waals surface area contributed by atoms with Crippen molar-refractivity contribution in [2.24, 2.45) is 0 Å². The Bertz CT molecular complexity index is 527. The van der Waals surface area contributed by atoms with E-state index in [1.54, 1.807) is 6.07 Å². The summed E-state index contributed by atoms with van der Waals surface area (Å²) in [6.45, 7) is 3.68. The summed E-state index contributed by atoms with van der Waals surface area (Å²) >= 11 is 3.37. The molecule has 0 bridgehead atoms. The molecule has 0 aliphatic rings. The van der Waals surface area contributed by atoms with E-state index in [4.69, 9.17) is 0 Å². The minimum atomic E-state index is -0.599. The molecule has 5 nitrogen and oxygen atoms in total. The highest BCUT2D eigenvalue weighted by molar-refractivity contribution is 9.10. The van der Waals surface area contributed by atoms with Crippen LogP contribution in [-0.4, -0.2) is 25.0 Å². The second-order valence-electron chi connectivity index (χ2n) is 4.31. The molecular formula is C14H17BrN2O3. The number of carbonyl (C=O) groups is 2. The molecule has 20 heavy (non-hydrogen) atoms. The van der Waals surface area contributed by atoms with Crippen molar-refractivity contribution in [3.05, 3.63) is 40.5 Å². The molecule has 0 fully saturated rings. The van der Waals surface area contributed by atoms with E-state index in [-0.39, 0.29) is 17.6 Å². The number of esters is 1. The SMILES string of the molecule is COC(=O)/C=C(\Nc1ccccc1Br)C(=O)NC(C)C. The third-order valence-corrected chi connectivity index (χ3v) is 2.96. The molecule has 0 aromatic heterocycles. The van der Waals surface area contributed by atoms with Crippen LogP contribution >= 0.6 is 15.9 Å². The number of methoxy groups -OCH3 is 1. The summed E-state index contributed by atoms with van der Waals surface area (Å²) in [5, 5.41) is 5.64. The zero-order chi connectivity index (χ0) is 15.1. The van der Waals surface area contributed by atoms with E-state index < -0.39 is 5.97 Å². The molecule has 0 saturated carbocycles. The first-order valence-electron chi connectivity index (χ1n) is 6.06. The van der Waals surface area contributed by atoms with E-state index in [0.717, 1.165) is 10.5 Å². The minimum Gasteiger partial charge on any atom is -0.466 e. The fourth-order valence-corrected chi connectivity index (χ4v) is 1.77. The quantitative estimate of drug-likeness (QED) is 0.638. The number of benzene rings is 1. The standard InChI is InChI=1S/C14H17BrN2O3/c1-9(2)16-14(19)12(8-13(18)20-3)17-11-7-5-4-6-10(11)15/h4-9,17H,1-3H3,(H,16,19)/b12-8-. The van der Waals surface area contributed by atoms with E-state index in [2.05, 4.69) is 31.3 Å². The highest BCUT2D eigenvalue weighted by Gasteiger charge is 2.14. The third-order valence-electron chi connectivity index (χ3n) is 2.27. The molecule has 0 unspecified atom stereocenters. The highest BCUT2D eigenvalue weighted by atomic mass is 79.9. The molecule has 2 N–H and O–H groups in total. The smallest absolute Gasteiger partial charge is 0.332 e. The number of carbonyl (C=O) groups excluding carboxylic acids is 2. The zero-order valence-corrected chi connectivity index (χ0v) is 13.2. The number of anilines is 1.